The first-order chi connectivity index (χ1) is 11.7. The van der Waals surface area contributed by atoms with Crippen LogP contribution >= 0.6 is 23.1 Å². The predicted octanol–water partition coefficient (Wildman–Crippen LogP) is 3.26. The topological polar surface area (TPSA) is 45.2 Å². The number of halogens is 1. The summed E-state index contributed by atoms with van der Waals surface area (Å²) in [5, 5.41) is 3.59. The van der Waals surface area contributed by atoms with E-state index in [4.69, 9.17) is 0 Å². The van der Waals surface area contributed by atoms with Crippen LogP contribution in [0.1, 0.15) is 22.6 Å². The Morgan fingerprint density at radius 3 is 2.83 bits per heavy atom. The van der Waals surface area contributed by atoms with Crippen LogP contribution in [-0.2, 0) is 0 Å². The van der Waals surface area contributed by atoms with Gasteiger partial charge in [-0.3, -0.25) is 4.79 Å². The van der Waals surface area contributed by atoms with Crippen molar-refractivity contribution in [2.75, 3.05) is 19.6 Å². The van der Waals surface area contributed by atoms with Crippen molar-refractivity contribution in [2.24, 2.45) is 5.92 Å². The molecule has 126 valence electrons. The number of hydrogen-bond donors (Lipinski definition) is 1. The summed E-state index contributed by atoms with van der Waals surface area (Å²) in [6.07, 6.45) is 3.97. The van der Waals surface area contributed by atoms with E-state index < -0.39 is 0 Å². The van der Waals surface area contributed by atoms with E-state index in [0.29, 0.717) is 15.8 Å². The van der Waals surface area contributed by atoms with Gasteiger partial charge in [0.05, 0.1) is 10.4 Å². The van der Waals surface area contributed by atoms with E-state index in [-0.39, 0.29) is 17.8 Å². The number of piperidine rings is 3. The Kier molecular flexibility index (Phi) is 4.56. The fraction of sp³-hybridized carbons (Fsp3) is 0.412. The highest BCUT2D eigenvalue weighted by Gasteiger charge is 2.35. The summed E-state index contributed by atoms with van der Waals surface area (Å²) in [5.74, 6) is 0.222. The van der Waals surface area contributed by atoms with E-state index in [2.05, 4.69) is 15.2 Å². The first-order valence-electron chi connectivity index (χ1n) is 8.10. The lowest BCUT2D eigenvalue weighted by molar-refractivity contribution is 0.0620. The van der Waals surface area contributed by atoms with Gasteiger partial charge in [-0.15, -0.1) is 11.3 Å². The lowest BCUT2D eigenvalue weighted by Crippen LogP contribution is -2.57. The van der Waals surface area contributed by atoms with Gasteiger partial charge in [0.1, 0.15) is 5.82 Å². The SMILES string of the molecule is O=C(NC1CN2CCC1CC2)c1ncc(Sc2ccccc2F)s1. The van der Waals surface area contributed by atoms with Crippen LogP contribution in [0.2, 0.25) is 0 Å². The van der Waals surface area contributed by atoms with Crippen molar-refractivity contribution < 1.29 is 9.18 Å². The molecule has 4 heterocycles. The van der Waals surface area contributed by atoms with E-state index >= 15 is 0 Å². The molecule has 3 saturated heterocycles. The smallest absolute Gasteiger partial charge is 0.280 e. The van der Waals surface area contributed by atoms with Crippen LogP contribution < -0.4 is 5.32 Å². The zero-order valence-electron chi connectivity index (χ0n) is 13.1. The number of carbonyl (C=O) groups excluding carboxylic acids is 1. The summed E-state index contributed by atoms with van der Waals surface area (Å²) < 4.78 is 14.5. The highest BCUT2D eigenvalue weighted by atomic mass is 32.2. The van der Waals surface area contributed by atoms with Crippen LogP contribution in [0.15, 0.2) is 39.6 Å². The van der Waals surface area contributed by atoms with Crippen molar-refractivity contribution in [3.63, 3.8) is 0 Å². The Labute approximate surface area is 148 Å². The molecule has 7 heteroatoms. The molecule has 1 N–H and O–H groups in total. The van der Waals surface area contributed by atoms with Gasteiger partial charge in [0, 0.05) is 17.5 Å². The highest BCUT2D eigenvalue weighted by Crippen LogP contribution is 2.34. The molecule has 0 aliphatic carbocycles. The molecule has 0 saturated carbocycles. The molecule has 2 aromatic rings. The number of fused-ring (bicyclic) bond motifs is 3. The maximum Gasteiger partial charge on any atom is 0.280 e. The Morgan fingerprint density at radius 1 is 1.33 bits per heavy atom. The molecule has 1 atom stereocenters. The van der Waals surface area contributed by atoms with Crippen LogP contribution in [0.4, 0.5) is 4.39 Å². The van der Waals surface area contributed by atoms with Crippen LogP contribution in [0, 0.1) is 11.7 Å². The van der Waals surface area contributed by atoms with Gasteiger partial charge < -0.3 is 10.2 Å². The van der Waals surface area contributed by atoms with Gasteiger partial charge >= 0.3 is 0 Å². The largest absolute Gasteiger partial charge is 0.346 e. The van der Waals surface area contributed by atoms with Gasteiger partial charge in [0.2, 0.25) is 0 Å². The third-order valence-corrected chi connectivity index (χ3v) is 6.85. The number of thiazole rings is 1. The molecule has 4 nitrogen and oxygen atoms in total. The van der Waals surface area contributed by atoms with Crippen LogP contribution in [0.3, 0.4) is 0 Å². The summed E-state index contributed by atoms with van der Waals surface area (Å²) in [4.78, 5) is 19.6. The van der Waals surface area contributed by atoms with Crippen molar-refractivity contribution in [3.05, 3.63) is 41.3 Å². The normalized spacial score (nSPS) is 25.6. The second-order valence-corrected chi connectivity index (χ2v) is 8.61. The monoisotopic (exact) mass is 363 g/mol. The number of benzene rings is 1. The van der Waals surface area contributed by atoms with Crippen molar-refractivity contribution in [3.8, 4) is 0 Å². The zero-order chi connectivity index (χ0) is 16.5. The minimum atomic E-state index is -0.255. The molecule has 3 aliphatic heterocycles. The molecule has 2 bridgehead atoms. The molecule has 24 heavy (non-hydrogen) atoms. The summed E-state index contributed by atoms with van der Waals surface area (Å²) in [6.45, 7) is 3.24. The fourth-order valence-corrected chi connectivity index (χ4v) is 5.27. The number of nitrogens with zero attached hydrogens (tertiary/aromatic N) is 2. The number of aromatic nitrogens is 1. The second-order valence-electron chi connectivity index (χ2n) is 6.23. The Bertz CT molecular complexity index is 743. The number of hydrogen-bond acceptors (Lipinski definition) is 5. The van der Waals surface area contributed by atoms with Crippen molar-refractivity contribution >= 4 is 29.0 Å². The molecular formula is C17H18FN3OS2. The first kappa shape index (κ1) is 16.1. The van der Waals surface area contributed by atoms with E-state index in [0.717, 1.165) is 36.7 Å². The van der Waals surface area contributed by atoms with Crippen molar-refractivity contribution in [1.29, 1.82) is 0 Å². The lowest BCUT2D eigenvalue weighted by Gasteiger charge is -2.44. The van der Waals surface area contributed by atoms with Gasteiger partial charge in [-0.2, -0.15) is 0 Å². The van der Waals surface area contributed by atoms with Crippen LogP contribution in [-0.4, -0.2) is 41.5 Å². The maximum absolute atomic E-state index is 13.7. The summed E-state index contributed by atoms with van der Waals surface area (Å²) in [5.41, 5.74) is 0. The number of amides is 1. The van der Waals surface area contributed by atoms with Crippen molar-refractivity contribution in [1.82, 2.24) is 15.2 Å². The standard InChI is InChI=1S/C17H18FN3OS2/c18-12-3-1-2-4-14(12)23-15-9-19-17(24-15)16(22)20-13-10-21-7-5-11(13)6-8-21/h1-4,9,11,13H,5-8,10H2,(H,20,22). The number of rotatable bonds is 4. The molecule has 1 aromatic carbocycles. The minimum Gasteiger partial charge on any atom is -0.346 e. The zero-order valence-corrected chi connectivity index (χ0v) is 14.7. The third-order valence-electron chi connectivity index (χ3n) is 4.70. The summed E-state index contributed by atoms with van der Waals surface area (Å²) in [6, 6.07) is 6.86. The van der Waals surface area contributed by atoms with Gasteiger partial charge in [-0.05, 0) is 44.0 Å². The highest BCUT2D eigenvalue weighted by molar-refractivity contribution is 8.01. The Balaban J connectivity index is 1.41. The molecular weight excluding hydrogens is 345 g/mol. The molecule has 1 aromatic heterocycles. The Hall–Kier alpha value is -1.44. The van der Waals surface area contributed by atoms with Crippen molar-refractivity contribution in [2.45, 2.75) is 28.0 Å². The molecule has 3 aliphatic rings. The Morgan fingerprint density at radius 2 is 2.12 bits per heavy atom. The molecule has 3 fully saturated rings. The van der Waals surface area contributed by atoms with Gasteiger partial charge in [-0.1, -0.05) is 23.9 Å². The average molecular weight is 363 g/mol. The molecule has 5 rings (SSSR count). The number of carbonyl (C=O) groups is 1. The lowest BCUT2D eigenvalue weighted by atomic mass is 9.84. The fourth-order valence-electron chi connectivity index (χ4n) is 3.41. The third kappa shape index (κ3) is 3.34. The average Bonchev–Trinajstić information content (AvgIpc) is 3.07. The van der Waals surface area contributed by atoms with E-state index in [1.54, 1.807) is 24.4 Å². The van der Waals surface area contributed by atoms with Gasteiger partial charge in [-0.25, -0.2) is 9.37 Å². The molecule has 1 amide bonds. The van der Waals surface area contributed by atoms with E-state index in [1.807, 2.05) is 0 Å². The predicted molar refractivity (Wildman–Crippen MR) is 93.1 cm³/mol. The van der Waals surface area contributed by atoms with Gasteiger partial charge in [0.25, 0.3) is 5.91 Å². The van der Waals surface area contributed by atoms with E-state index in [1.165, 1.54) is 29.2 Å². The molecule has 0 radical (unpaired) electrons. The summed E-state index contributed by atoms with van der Waals surface area (Å²) >= 11 is 2.62. The second kappa shape index (κ2) is 6.82. The molecule has 0 spiro atoms. The number of nitrogens with one attached hydrogen (secondary N) is 1. The quantitative estimate of drug-likeness (QED) is 0.906. The van der Waals surface area contributed by atoms with E-state index in [9.17, 15) is 9.18 Å². The summed E-state index contributed by atoms with van der Waals surface area (Å²) in [7, 11) is 0. The van der Waals surface area contributed by atoms with Crippen LogP contribution in [0.5, 0.6) is 0 Å². The minimum absolute atomic E-state index is 0.112. The maximum atomic E-state index is 13.7. The van der Waals surface area contributed by atoms with Gasteiger partial charge in [0.15, 0.2) is 5.01 Å². The van der Waals surface area contributed by atoms with Crippen LogP contribution in [0.25, 0.3) is 0 Å². The molecule has 1 unspecified atom stereocenters. The first-order valence-corrected chi connectivity index (χ1v) is 9.74.